The number of cyclic esters (lactones) is 1. The van der Waals surface area contributed by atoms with Crippen LogP contribution < -0.4 is 10.2 Å². The molecular weight excluding hydrogens is 702 g/mol. The van der Waals surface area contributed by atoms with Gasteiger partial charge in [-0.2, -0.15) is 0 Å². The van der Waals surface area contributed by atoms with Crippen LogP contribution in [0, 0.1) is 24.7 Å². The van der Waals surface area contributed by atoms with Crippen molar-refractivity contribution >= 4 is 56.9 Å². The minimum absolute atomic E-state index is 0.0318. The summed E-state index contributed by atoms with van der Waals surface area (Å²) in [7, 11) is 0. The summed E-state index contributed by atoms with van der Waals surface area (Å²) >= 11 is 10.3. The molecule has 2 fully saturated rings. The molecule has 6 rings (SSSR count). The highest BCUT2D eigenvalue weighted by molar-refractivity contribution is 9.11. The van der Waals surface area contributed by atoms with Crippen LogP contribution in [-0.4, -0.2) is 77.2 Å². The van der Waals surface area contributed by atoms with Gasteiger partial charge in [-0.15, -0.1) is 0 Å². The van der Waals surface area contributed by atoms with Crippen LogP contribution in [-0.2, 0) is 28.7 Å². The highest BCUT2D eigenvalue weighted by atomic mass is 79.9. The second-order valence-electron chi connectivity index (χ2n) is 13.1. The maximum Gasteiger partial charge on any atom is 0.313 e. The number of fused-ring (bicyclic) bond motifs is 2. The lowest BCUT2D eigenvalue weighted by Crippen LogP contribution is -2.59. The van der Waals surface area contributed by atoms with Crippen LogP contribution in [0.2, 0.25) is 5.02 Å². The quantitative estimate of drug-likeness (QED) is 0.339. The van der Waals surface area contributed by atoms with Crippen LogP contribution in [0.25, 0.3) is 0 Å². The molecule has 5 bridgehead atoms. The number of carbonyl (C=O) groups excluding carboxylic acids is 4. The molecule has 4 aliphatic rings. The molecule has 2 aromatic carbocycles. The van der Waals surface area contributed by atoms with Gasteiger partial charge in [0.25, 0.3) is 5.91 Å². The summed E-state index contributed by atoms with van der Waals surface area (Å²) in [5.74, 6) is -4.30. The van der Waals surface area contributed by atoms with Crippen LogP contribution in [0.5, 0.6) is 0 Å². The summed E-state index contributed by atoms with van der Waals surface area (Å²) in [6, 6.07) is 12.4. The van der Waals surface area contributed by atoms with Gasteiger partial charge in [0.1, 0.15) is 29.8 Å². The monoisotopic (exact) mass is 739 g/mol. The first-order chi connectivity index (χ1) is 23.0. The number of anilines is 1. The molecule has 4 aliphatic heterocycles. The van der Waals surface area contributed by atoms with Crippen LogP contribution >= 0.6 is 27.5 Å². The molecule has 4 heterocycles. The number of hydrogen-bond donors (Lipinski definition) is 2. The van der Waals surface area contributed by atoms with Gasteiger partial charge in [-0.05, 0) is 42.5 Å². The summed E-state index contributed by atoms with van der Waals surface area (Å²) < 4.78 is 13.3. The summed E-state index contributed by atoms with van der Waals surface area (Å²) in [5, 5.41) is 13.9. The van der Waals surface area contributed by atoms with E-state index in [1.807, 2.05) is 51.1 Å². The molecule has 0 saturated carbocycles. The van der Waals surface area contributed by atoms with Crippen molar-refractivity contribution in [2.45, 2.75) is 63.5 Å². The first-order valence-corrected chi connectivity index (χ1v) is 17.4. The number of aryl methyl sites for hydroxylation is 1. The highest BCUT2D eigenvalue weighted by Gasteiger charge is 2.75. The number of aliphatic hydroxyl groups is 1. The molecule has 12 heteroatoms. The van der Waals surface area contributed by atoms with Crippen molar-refractivity contribution in [3.63, 3.8) is 0 Å². The molecule has 254 valence electrons. The first kappa shape index (κ1) is 34.4. The fourth-order valence-corrected chi connectivity index (χ4v) is 8.57. The Balaban J connectivity index is 1.51. The Kier molecular flexibility index (Phi) is 9.86. The summed E-state index contributed by atoms with van der Waals surface area (Å²) in [6.45, 7) is 5.30. The molecule has 10 nitrogen and oxygen atoms in total. The Hall–Kier alpha value is -3.51. The Morgan fingerprint density at radius 1 is 1.06 bits per heavy atom. The average Bonchev–Trinajstić information content (AvgIpc) is 3.65. The minimum Gasteiger partial charge on any atom is -0.455 e. The third-order valence-corrected chi connectivity index (χ3v) is 10.8. The number of halogens is 2. The molecule has 2 N–H and O–H groups in total. The minimum atomic E-state index is -1.54. The second-order valence-corrected chi connectivity index (χ2v) is 14.4. The molecule has 0 aromatic heterocycles. The van der Waals surface area contributed by atoms with Crippen molar-refractivity contribution in [2.24, 2.45) is 17.8 Å². The Morgan fingerprint density at radius 3 is 2.50 bits per heavy atom. The predicted molar refractivity (Wildman–Crippen MR) is 183 cm³/mol. The molecule has 48 heavy (non-hydrogen) atoms. The molecule has 3 amide bonds. The molecule has 2 saturated heterocycles. The van der Waals surface area contributed by atoms with Gasteiger partial charge in [0.05, 0.1) is 35.8 Å². The van der Waals surface area contributed by atoms with Crippen molar-refractivity contribution in [1.82, 2.24) is 10.2 Å². The van der Waals surface area contributed by atoms with E-state index >= 15 is 4.79 Å². The number of benzene rings is 2. The molecule has 0 aliphatic carbocycles. The van der Waals surface area contributed by atoms with Gasteiger partial charge >= 0.3 is 5.97 Å². The molecule has 7 atom stereocenters. The fourth-order valence-electron chi connectivity index (χ4n) is 7.51. The molecule has 2 aromatic rings. The molecule has 1 spiro atoms. The van der Waals surface area contributed by atoms with Crippen LogP contribution in [0.4, 0.5) is 5.69 Å². The van der Waals surface area contributed by atoms with Gasteiger partial charge in [0.2, 0.25) is 11.8 Å². The number of hydrogen-bond acceptors (Lipinski definition) is 7. The van der Waals surface area contributed by atoms with E-state index in [4.69, 9.17) is 21.1 Å². The lowest BCUT2D eigenvalue weighted by molar-refractivity contribution is -0.160. The van der Waals surface area contributed by atoms with Crippen molar-refractivity contribution in [2.75, 3.05) is 24.6 Å². The van der Waals surface area contributed by atoms with E-state index in [1.54, 1.807) is 36.4 Å². The van der Waals surface area contributed by atoms with Gasteiger partial charge in [-0.25, -0.2) is 0 Å². The normalized spacial score (nSPS) is 30.6. The van der Waals surface area contributed by atoms with Gasteiger partial charge < -0.3 is 29.7 Å². The second kappa shape index (κ2) is 13.8. The van der Waals surface area contributed by atoms with Crippen molar-refractivity contribution in [1.29, 1.82) is 0 Å². The summed E-state index contributed by atoms with van der Waals surface area (Å²) in [5.41, 5.74) is 0.351. The standard InChI is InChI=1S/C36H39BrClN3O7/c1-20(2)25(19-42)41-32-34(45)40(30-21(3)11-10-14-24(30)38)16-9-5-8-15-27(43)39-18-26(22-12-6-4-7-13-22)47-35(46)28-29(33(41)44)36(32)17-23(37)31(28)48-36/h4-7,9-14,17,20,25-26,28-29,31-32,42H,8,15-16,18-19H2,1-3H3,(H,39,43)/b9-5-/t25-,26+,28+,29-,31+,32+,36-/m0/s1. The summed E-state index contributed by atoms with van der Waals surface area (Å²) in [4.78, 5) is 60.0. The number of likely N-dealkylation sites (tertiary alicyclic amines) is 1. The number of rotatable bonds is 5. The molecular formula is C36H39BrClN3O7. The third kappa shape index (κ3) is 5.88. The topological polar surface area (TPSA) is 125 Å². The van der Waals surface area contributed by atoms with E-state index in [-0.39, 0.29) is 31.3 Å². The Morgan fingerprint density at radius 2 is 1.81 bits per heavy atom. The number of allylic oxidation sites excluding steroid dienone is 1. The number of carbonyl (C=O) groups is 4. The first-order valence-electron chi connectivity index (χ1n) is 16.2. The average molecular weight is 741 g/mol. The Labute approximate surface area is 293 Å². The number of ether oxygens (including phenoxy) is 2. The van der Waals surface area contributed by atoms with Gasteiger partial charge in [0.15, 0.2) is 0 Å². The number of para-hydroxylation sites is 1. The van der Waals surface area contributed by atoms with E-state index in [0.717, 1.165) is 5.56 Å². The van der Waals surface area contributed by atoms with Gasteiger partial charge in [0, 0.05) is 17.4 Å². The molecule has 0 radical (unpaired) electrons. The van der Waals surface area contributed by atoms with Crippen LogP contribution in [0.1, 0.15) is 43.9 Å². The predicted octanol–water partition coefficient (Wildman–Crippen LogP) is 4.62. The number of esters is 1. The number of aliphatic hydroxyl groups excluding tert-OH is 1. The zero-order valence-corrected chi connectivity index (χ0v) is 29.3. The van der Waals surface area contributed by atoms with E-state index in [9.17, 15) is 19.5 Å². The van der Waals surface area contributed by atoms with E-state index in [1.165, 1.54) is 9.80 Å². The van der Waals surface area contributed by atoms with Crippen molar-refractivity contribution in [3.05, 3.63) is 87.4 Å². The molecule has 0 unspecified atom stereocenters. The smallest absolute Gasteiger partial charge is 0.313 e. The van der Waals surface area contributed by atoms with Crippen LogP contribution in [0.3, 0.4) is 0 Å². The third-order valence-electron chi connectivity index (χ3n) is 9.82. The Bertz CT molecular complexity index is 1650. The zero-order chi connectivity index (χ0) is 34.3. The maximum atomic E-state index is 15.2. The van der Waals surface area contributed by atoms with E-state index in [2.05, 4.69) is 21.2 Å². The van der Waals surface area contributed by atoms with Crippen molar-refractivity contribution in [3.8, 4) is 0 Å². The van der Waals surface area contributed by atoms with Gasteiger partial charge in [-0.3, -0.25) is 19.2 Å². The van der Waals surface area contributed by atoms with Crippen molar-refractivity contribution < 1.29 is 33.8 Å². The summed E-state index contributed by atoms with van der Waals surface area (Å²) in [6.07, 6.45) is 4.23. The van der Waals surface area contributed by atoms with E-state index in [0.29, 0.717) is 27.2 Å². The largest absolute Gasteiger partial charge is 0.455 e. The number of amides is 3. The number of nitrogens with one attached hydrogen (secondary N) is 1. The fraction of sp³-hybridized carbons (Fsp3) is 0.444. The lowest BCUT2D eigenvalue weighted by Gasteiger charge is -2.40. The lowest BCUT2D eigenvalue weighted by atomic mass is 9.74. The van der Waals surface area contributed by atoms with Gasteiger partial charge in [-0.1, -0.05) is 96.0 Å². The number of nitrogens with zero attached hydrogens (tertiary/aromatic N) is 2. The zero-order valence-electron chi connectivity index (χ0n) is 27.0. The van der Waals surface area contributed by atoms with E-state index < -0.39 is 66.1 Å². The SMILES string of the molecule is Cc1cccc(Cl)c1N1C/C=C\CCC(=O)NC[C@H](c2ccccc2)OC(=O)[C@H]2[C@@H]3O[C@@]4(C=C3Br)[C@@H]2C(=O)N([C@@H](CO)C(C)C)[C@@H]4C1=O. The van der Waals surface area contributed by atoms with Crippen LogP contribution in [0.15, 0.2) is 71.2 Å². The highest BCUT2D eigenvalue weighted by Crippen LogP contribution is 2.59. The maximum absolute atomic E-state index is 15.2.